The summed E-state index contributed by atoms with van der Waals surface area (Å²) in [5, 5.41) is 9.74. The number of nitrogens with zero attached hydrogens (tertiary/aromatic N) is 1. The van der Waals surface area contributed by atoms with Crippen molar-refractivity contribution in [3.63, 3.8) is 0 Å². The van der Waals surface area contributed by atoms with Crippen LogP contribution in [0.15, 0.2) is 23.9 Å². The SMILES string of the molecule is CC1C=CC=C(N2CCCC2)C1(O)F. The van der Waals surface area contributed by atoms with Crippen LogP contribution in [0.2, 0.25) is 0 Å². The predicted octanol–water partition coefficient (Wildman–Crippen LogP) is 1.83. The molecule has 0 aromatic heterocycles. The number of rotatable bonds is 1. The number of hydrogen-bond donors (Lipinski definition) is 1. The number of likely N-dealkylation sites (tertiary alicyclic amines) is 1. The molecular weight excluding hydrogens is 181 g/mol. The number of alkyl halides is 1. The van der Waals surface area contributed by atoms with Gasteiger partial charge < -0.3 is 10.0 Å². The molecule has 2 nitrogen and oxygen atoms in total. The Bertz CT molecular complexity index is 277. The summed E-state index contributed by atoms with van der Waals surface area (Å²) in [5.41, 5.74) is 0.435. The van der Waals surface area contributed by atoms with Crippen LogP contribution in [0.25, 0.3) is 0 Å². The fourth-order valence-electron chi connectivity index (χ4n) is 2.08. The molecule has 0 aromatic rings. The molecule has 2 rings (SSSR count). The molecule has 1 aliphatic carbocycles. The summed E-state index contributed by atoms with van der Waals surface area (Å²) in [6.45, 7) is 3.41. The van der Waals surface area contributed by atoms with Gasteiger partial charge in [0.25, 0.3) is 5.85 Å². The largest absolute Gasteiger partial charge is 0.370 e. The van der Waals surface area contributed by atoms with Gasteiger partial charge in [-0.3, -0.25) is 0 Å². The first-order chi connectivity index (χ1) is 6.62. The van der Waals surface area contributed by atoms with E-state index in [0.29, 0.717) is 5.70 Å². The van der Waals surface area contributed by atoms with Crippen LogP contribution >= 0.6 is 0 Å². The smallest absolute Gasteiger partial charge is 0.253 e. The van der Waals surface area contributed by atoms with Crippen molar-refractivity contribution in [2.75, 3.05) is 13.1 Å². The molecule has 0 spiro atoms. The van der Waals surface area contributed by atoms with Crippen LogP contribution in [0, 0.1) is 5.92 Å². The van der Waals surface area contributed by atoms with Crippen molar-refractivity contribution in [1.82, 2.24) is 4.90 Å². The van der Waals surface area contributed by atoms with Crippen LogP contribution in [0.1, 0.15) is 19.8 Å². The quantitative estimate of drug-likeness (QED) is 0.693. The van der Waals surface area contributed by atoms with E-state index in [0.717, 1.165) is 25.9 Å². The lowest BCUT2D eigenvalue weighted by Crippen LogP contribution is -2.41. The first kappa shape index (κ1) is 9.71. The van der Waals surface area contributed by atoms with Gasteiger partial charge in [-0.2, -0.15) is 0 Å². The second-order valence-corrected chi connectivity index (χ2v) is 4.09. The third-order valence-corrected chi connectivity index (χ3v) is 3.06. The first-order valence-corrected chi connectivity index (χ1v) is 5.17. The van der Waals surface area contributed by atoms with Crippen molar-refractivity contribution in [3.05, 3.63) is 23.9 Å². The van der Waals surface area contributed by atoms with E-state index in [1.807, 2.05) is 11.0 Å². The van der Waals surface area contributed by atoms with Crippen LogP contribution in [-0.2, 0) is 0 Å². The molecule has 1 saturated heterocycles. The molecule has 0 aromatic carbocycles. The molecule has 0 bridgehead atoms. The molecule has 0 radical (unpaired) electrons. The molecule has 1 fully saturated rings. The second-order valence-electron chi connectivity index (χ2n) is 4.09. The van der Waals surface area contributed by atoms with Gasteiger partial charge in [-0.05, 0) is 18.9 Å². The fraction of sp³-hybridized carbons (Fsp3) is 0.636. The van der Waals surface area contributed by atoms with Crippen molar-refractivity contribution in [2.45, 2.75) is 25.6 Å². The van der Waals surface area contributed by atoms with Gasteiger partial charge in [0, 0.05) is 19.0 Å². The van der Waals surface area contributed by atoms with Crippen LogP contribution in [0.5, 0.6) is 0 Å². The summed E-state index contributed by atoms with van der Waals surface area (Å²) in [5.74, 6) is -2.64. The zero-order valence-corrected chi connectivity index (χ0v) is 8.41. The standard InChI is InChI=1S/C11H16FNO/c1-9-5-4-6-10(11(9,12)14)13-7-2-3-8-13/h4-6,9,14H,2-3,7-8H2,1H3. The van der Waals surface area contributed by atoms with E-state index in [1.54, 1.807) is 19.1 Å². The number of hydrogen-bond acceptors (Lipinski definition) is 2. The molecule has 2 aliphatic rings. The van der Waals surface area contributed by atoms with Crippen molar-refractivity contribution >= 4 is 0 Å². The Morgan fingerprint density at radius 1 is 1.50 bits per heavy atom. The molecule has 0 saturated carbocycles. The topological polar surface area (TPSA) is 23.5 Å². The van der Waals surface area contributed by atoms with E-state index >= 15 is 0 Å². The average Bonchev–Trinajstić information content (AvgIpc) is 2.62. The number of halogens is 1. The molecule has 3 heteroatoms. The van der Waals surface area contributed by atoms with E-state index in [1.165, 1.54) is 0 Å². The first-order valence-electron chi connectivity index (χ1n) is 5.17. The molecule has 1 aliphatic heterocycles. The molecule has 78 valence electrons. The normalized spacial score (nSPS) is 37.5. The zero-order valence-electron chi connectivity index (χ0n) is 8.41. The van der Waals surface area contributed by atoms with Crippen LogP contribution in [0.3, 0.4) is 0 Å². The summed E-state index contributed by atoms with van der Waals surface area (Å²) in [7, 11) is 0. The maximum absolute atomic E-state index is 14.0. The monoisotopic (exact) mass is 197 g/mol. The maximum atomic E-state index is 14.0. The highest BCUT2D eigenvalue weighted by Crippen LogP contribution is 2.35. The summed E-state index contributed by atoms with van der Waals surface area (Å²) in [6.07, 6.45) is 7.38. The van der Waals surface area contributed by atoms with E-state index in [-0.39, 0.29) is 0 Å². The third kappa shape index (κ3) is 1.46. The van der Waals surface area contributed by atoms with Crippen molar-refractivity contribution in [3.8, 4) is 0 Å². The summed E-state index contributed by atoms with van der Waals surface area (Å²) >= 11 is 0. The molecule has 1 N–H and O–H groups in total. The van der Waals surface area contributed by atoms with Gasteiger partial charge in [-0.1, -0.05) is 19.1 Å². The Morgan fingerprint density at radius 2 is 2.14 bits per heavy atom. The Morgan fingerprint density at radius 3 is 2.79 bits per heavy atom. The van der Waals surface area contributed by atoms with Gasteiger partial charge in [0.2, 0.25) is 0 Å². The number of allylic oxidation sites excluding steroid dienone is 2. The van der Waals surface area contributed by atoms with Crippen LogP contribution < -0.4 is 0 Å². The van der Waals surface area contributed by atoms with Gasteiger partial charge in [0.15, 0.2) is 0 Å². The minimum Gasteiger partial charge on any atom is -0.370 e. The summed E-state index contributed by atoms with van der Waals surface area (Å²) < 4.78 is 14.0. The predicted molar refractivity (Wildman–Crippen MR) is 53.3 cm³/mol. The van der Waals surface area contributed by atoms with Crippen LogP contribution in [0.4, 0.5) is 4.39 Å². The van der Waals surface area contributed by atoms with E-state index in [4.69, 9.17) is 0 Å². The molecule has 1 heterocycles. The van der Waals surface area contributed by atoms with Crippen molar-refractivity contribution < 1.29 is 9.50 Å². The lowest BCUT2D eigenvalue weighted by Gasteiger charge is -2.34. The average molecular weight is 197 g/mol. The Hall–Kier alpha value is -0.830. The third-order valence-electron chi connectivity index (χ3n) is 3.06. The zero-order chi connectivity index (χ0) is 10.2. The minimum absolute atomic E-state index is 0.435. The van der Waals surface area contributed by atoms with E-state index in [2.05, 4.69) is 0 Å². The highest BCUT2D eigenvalue weighted by atomic mass is 19.2. The Labute approximate surface area is 83.7 Å². The summed E-state index contributed by atoms with van der Waals surface area (Å²) in [4.78, 5) is 1.94. The Balaban J connectivity index is 2.23. The summed E-state index contributed by atoms with van der Waals surface area (Å²) in [6, 6.07) is 0. The molecule has 0 amide bonds. The van der Waals surface area contributed by atoms with Crippen molar-refractivity contribution in [2.24, 2.45) is 5.92 Å². The Kier molecular flexibility index (Phi) is 2.35. The van der Waals surface area contributed by atoms with Gasteiger partial charge >= 0.3 is 0 Å². The molecule has 14 heavy (non-hydrogen) atoms. The van der Waals surface area contributed by atoms with Gasteiger partial charge in [-0.15, -0.1) is 0 Å². The lowest BCUT2D eigenvalue weighted by molar-refractivity contribution is -0.100. The van der Waals surface area contributed by atoms with Gasteiger partial charge in [0.1, 0.15) is 0 Å². The van der Waals surface area contributed by atoms with Crippen molar-refractivity contribution in [1.29, 1.82) is 0 Å². The molecule has 2 atom stereocenters. The van der Waals surface area contributed by atoms with Gasteiger partial charge in [0.05, 0.1) is 5.70 Å². The highest BCUT2D eigenvalue weighted by molar-refractivity contribution is 5.26. The fourth-order valence-corrected chi connectivity index (χ4v) is 2.08. The second kappa shape index (κ2) is 3.39. The van der Waals surface area contributed by atoms with Crippen LogP contribution in [-0.4, -0.2) is 29.0 Å². The van der Waals surface area contributed by atoms with E-state index in [9.17, 15) is 9.50 Å². The minimum atomic E-state index is -2.18. The van der Waals surface area contributed by atoms with Gasteiger partial charge in [-0.25, -0.2) is 4.39 Å². The lowest BCUT2D eigenvalue weighted by atomic mass is 9.93. The highest BCUT2D eigenvalue weighted by Gasteiger charge is 2.41. The van der Waals surface area contributed by atoms with E-state index < -0.39 is 11.8 Å². The maximum Gasteiger partial charge on any atom is 0.253 e. The molecule has 2 unspecified atom stereocenters. The number of aliphatic hydroxyl groups is 1. The molecular formula is C11H16FNO.